The Balaban J connectivity index is 1.05. The number of hydrogen-bond donors (Lipinski definition) is 4. The van der Waals surface area contributed by atoms with Gasteiger partial charge in [0.2, 0.25) is 17.7 Å². The molecular weight excluding hydrogens is 648 g/mol. The van der Waals surface area contributed by atoms with E-state index in [1.807, 2.05) is 23.1 Å². The molecule has 262 valence electrons. The van der Waals surface area contributed by atoms with Gasteiger partial charge in [0.1, 0.15) is 11.8 Å². The lowest BCUT2D eigenvalue weighted by atomic mass is 9.85. The maximum Gasteiger partial charge on any atom is 0.413 e. The van der Waals surface area contributed by atoms with Gasteiger partial charge in [-0.1, -0.05) is 24.3 Å². The van der Waals surface area contributed by atoms with Crippen LogP contribution in [-0.4, -0.2) is 92.7 Å². The zero-order valence-electron chi connectivity index (χ0n) is 28.6. The molecular formula is C38H40N8O5. The zero-order chi connectivity index (χ0) is 36.3. The Morgan fingerprint density at radius 2 is 1.76 bits per heavy atom. The monoisotopic (exact) mass is 688 g/mol. The minimum atomic E-state index is -0.695. The van der Waals surface area contributed by atoms with E-state index < -0.39 is 11.5 Å². The molecule has 3 heterocycles. The lowest BCUT2D eigenvalue weighted by Crippen LogP contribution is -2.43. The van der Waals surface area contributed by atoms with Gasteiger partial charge in [0.25, 0.3) is 0 Å². The highest BCUT2D eigenvalue weighted by molar-refractivity contribution is 6.15. The minimum absolute atomic E-state index is 0.0200. The van der Waals surface area contributed by atoms with Gasteiger partial charge < -0.3 is 30.3 Å². The van der Waals surface area contributed by atoms with Crippen LogP contribution in [0.5, 0.6) is 5.75 Å². The van der Waals surface area contributed by atoms with Gasteiger partial charge in [0.05, 0.1) is 30.3 Å². The van der Waals surface area contributed by atoms with Crippen molar-refractivity contribution in [2.75, 3.05) is 64.1 Å². The summed E-state index contributed by atoms with van der Waals surface area (Å²) >= 11 is 0. The fourth-order valence-electron chi connectivity index (χ4n) is 7.05. The number of nitriles is 1. The average molecular weight is 689 g/mol. The number of ether oxygens (including phenoxy) is 2. The second-order valence-electron chi connectivity index (χ2n) is 13.0. The van der Waals surface area contributed by atoms with Gasteiger partial charge in [-0.25, -0.2) is 4.79 Å². The summed E-state index contributed by atoms with van der Waals surface area (Å²) in [5, 5.41) is 28.5. The molecule has 3 amide bonds. The summed E-state index contributed by atoms with van der Waals surface area (Å²) in [5.41, 5.74) is 10.9. The lowest BCUT2D eigenvalue weighted by Gasteiger charge is -2.29. The van der Waals surface area contributed by atoms with E-state index >= 15 is 0 Å². The Hall–Kier alpha value is -6.00. The van der Waals surface area contributed by atoms with Crippen molar-refractivity contribution in [1.82, 2.24) is 15.1 Å². The number of benzene rings is 3. The number of anilines is 2. The van der Waals surface area contributed by atoms with Gasteiger partial charge in [0.15, 0.2) is 0 Å². The molecule has 3 aromatic carbocycles. The summed E-state index contributed by atoms with van der Waals surface area (Å²) in [4.78, 5) is 44.4. The number of nitrogens with zero attached hydrogens (tertiary/aromatic N) is 4. The molecule has 0 aromatic heterocycles. The fraction of sp³-hybridized carbons (Fsp3) is 0.316. The Morgan fingerprint density at radius 3 is 2.45 bits per heavy atom. The Kier molecular flexibility index (Phi) is 9.88. The molecule has 0 saturated carbocycles. The third-order valence-corrected chi connectivity index (χ3v) is 10.0. The number of rotatable bonds is 8. The molecule has 0 radical (unpaired) electrons. The number of carbonyl (C=O) groups excluding carboxylic acids is 3. The van der Waals surface area contributed by atoms with Crippen molar-refractivity contribution in [3.8, 4) is 11.8 Å². The highest BCUT2D eigenvalue weighted by atomic mass is 16.6. The van der Waals surface area contributed by atoms with Crippen LogP contribution in [0.2, 0.25) is 0 Å². The molecule has 6 rings (SSSR count). The predicted octanol–water partition coefficient (Wildman–Crippen LogP) is 3.99. The molecule has 2 fully saturated rings. The van der Waals surface area contributed by atoms with Gasteiger partial charge >= 0.3 is 6.09 Å². The van der Waals surface area contributed by atoms with Crippen LogP contribution < -0.4 is 20.7 Å². The summed E-state index contributed by atoms with van der Waals surface area (Å²) < 4.78 is 10.2. The summed E-state index contributed by atoms with van der Waals surface area (Å²) in [7, 11) is 2.91. The van der Waals surface area contributed by atoms with Crippen LogP contribution in [0.15, 0.2) is 66.7 Å². The van der Waals surface area contributed by atoms with E-state index in [2.05, 4.69) is 16.3 Å². The van der Waals surface area contributed by atoms with Crippen molar-refractivity contribution in [2.24, 2.45) is 5.41 Å². The summed E-state index contributed by atoms with van der Waals surface area (Å²) in [6, 6.07) is 19.5. The van der Waals surface area contributed by atoms with E-state index in [1.54, 1.807) is 53.4 Å². The van der Waals surface area contributed by atoms with Gasteiger partial charge in [-0.05, 0) is 79.4 Å². The topological polar surface area (TPSA) is 189 Å². The number of nitrogens with one attached hydrogen (secondary N) is 3. The van der Waals surface area contributed by atoms with Crippen LogP contribution in [0.25, 0.3) is 5.57 Å². The Labute approximate surface area is 296 Å². The number of nitrogens with two attached hydrogens (primary N) is 1. The fourth-order valence-corrected chi connectivity index (χ4v) is 7.05. The maximum atomic E-state index is 14.0. The molecule has 5 N–H and O–H groups in total. The highest BCUT2D eigenvalue weighted by Crippen LogP contribution is 2.43. The SMILES string of the molecule is CNC(=O)OC(=N)c1ccc(C2=CCN(C(=O)CN3CC[C@]4(CCN(c5ccc(N)c(C(=N)c6ccc(C#N)c(OC)c6)c5)C4=O)C3)CC2)cc1. The van der Waals surface area contributed by atoms with Crippen molar-refractivity contribution >= 4 is 46.5 Å². The number of nitrogen functional groups attached to an aromatic ring is 1. The smallest absolute Gasteiger partial charge is 0.413 e. The number of alkyl carbamates (subject to hydrolysis) is 1. The normalized spacial score (nSPS) is 18.7. The van der Waals surface area contributed by atoms with Crippen molar-refractivity contribution in [1.29, 1.82) is 16.1 Å². The van der Waals surface area contributed by atoms with Crippen LogP contribution in [0.4, 0.5) is 16.2 Å². The van der Waals surface area contributed by atoms with E-state index in [-0.39, 0.29) is 30.0 Å². The molecule has 3 aliphatic heterocycles. The highest BCUT2D eigenvalue weighted by Gasteiger charge is 2.51. The number of carbonyl (C=O) groups is 3. The quantitative estimate of drug-likeness (QED) is 0.155. The van der Waals surface area contributed by atoms with Crippen molar-refractivity contribution in [2.45, 2.75) is 19.3 Å². The molecule has 3 aromatic rings. The molecule has 2 saturated heterocycles. The van der Waals surface area contributed by atoms with Crippen LogP contribution in [0.3, 0.4) is 0 Å². The zero-order valence-corrected chi connectivity index (χ0v) is 28.6. The molecule has 0 aliphatic carbocycles. The first-order valence-corrected chi connectivity index (χ1v) is 16.7. The second-order valence-corrected chi connectivity index (χ2v) is 13.0. The van der Waals surface area contributed by atoms with E-state index in [9.17, 15) is 19.6 Å². The Morgan fingerprint density at radius 1 is 1.02 bits per heavy atom. The van der Waals surface area contributed by atoms with Gasteiger partial charge in [-0.3, -0.25) is 25.3 Å². The molecule has 51 heavy (non-hydrogen) atoms. The first-order valence-electron chi connectivity index (χ1n) is 16.7. The maximum absolute atomic E-state index is 14.0. The molecule has 1 atom stereocenters. The van der Waals surface area contributed by atoms with E-state index in [1.165, 1.54) is 14.2 Å². The molecule has 0 bridgehead atoms. The van der Waals surface area contributed by atoms with Crippen LogP contribution in [0, 0.1) is 27.6 Å². The van der Waals surface area contributed by atoms with Crippen LogP contribution in [-0.2, 0) is 14.3 Å². The number of amides is 3. The largest absolute Gasteiger partial charge is 0.495 e. The van der Waals surface area contributed by atoms with Crippen molar-refractivity contribution < 1.29 is 23.9 Å². The van der Waals surface area contributed by atoms with E-state index in [0.29, 0.717) is 91.4 Å². The standard InChI is InChI=1S/C38H40N8O5/c1-43-37(49)51-35(42)26-5-3-24(4-6-26)25-11-15-45(16-12-25)33(47)22-44-17-13-38(23-44)14-18-46(36(38)48)29-9-10-31(40)30(20-29)34(41)27-7-8-28(21-39)32(19-27)50-2/h3-11,19-20,41-42H,12-18,22-23,40H2,1-2H3,(H,43,49)/t38-/m0/s1. The summed E-state index contributed by atoms with van der Waals surface area (Å²) in [6.45, 7) is 3.01. The molecule has 1 spiro atoms. The molecule has 13 nitrogen and oxygen atoms in total. The first-order chi connectivity index (χ1) is 24.5. The van der Waals surface area contributed by atoms with Gasteiger partial charge in [-0.2, -0.15) is 5.26 Å². The minimum Gasteiger partial charge on any atom is -0.495 e. The van der Waals surface area contributed by atoms with Crippen molar-refractivity contribution in [3.63, 3.8) is 0 Å². The van der Waals surface area contributed by atoms with E-state index in [4.69, 9.17) is 26.0 Å². The molecule has 0 unspecified atom stereocenters. The Bertz CT molecular complexity index is 1980. The number of methoxy groups -OCH3 is 1. The third-order valence-electron chi connectivity index (χ3n) is 10.0. The van der Waals surface area contributed by atoms with Crippen molar-refractivity contribution in [3.05, 3.63) is 94.6 Å². The summed E-state index contributed by atoms with van der Waals surface area (Å²) in [5.74, 6) is 0.187. The predicted molar refractivity (Wildman–Crippen MR) is 193 cm³/mol. The van der Waals surface area contributed by atoms with Gasteiger partial charge in [-0.15, -0.1) is 0 Å². The van der Waals surface area contributed by atoms with Gasteiger partial charge in [0, 0.05) is 61.3 Å². The van der Waals surface area contributed by atoms with E-state index in [0.717, 1.165) is 11.1 Å². The summed E-state index contributed by atoms with van der Waals surface area (Å²) in [6.07, 6.45) is 3.38. The first kappa shape index (κ1) is 34.8. The van der Waals surface area contributed by atoms with Crippen LogP contribution in [0.1, 0.15) is 47.1 Å². The average Bonchev–Trinajstić information content (AvgIpc) is 3.72. The molecule has 13 heteroatoms. The number of likely N-dealkylation sites (tertiary alicyclic amines) is 1. The lowest BCUT2D eigenvalue weighted by molar-refractivity contribution is -0.132. The number of hydrogen-bond acceptors (Lipinski definition) is 10. The second kappa shape index (κ2) is 14.5. The molecule has 3 aliphatic rings. The van der Waals surface area contributed by atoms with Crippen LogP contribution >= 0.6 is 0 Å². The third kappa shape index (κ3) is 7.04.